The zero-order valence-electron chi connectivity index (χ0n) is 21.7. The van der Waals surface area contributed by atoms with E-state index in [9.17, 15) is 24.5 Å². The number of amides is 2. The van der Waals surface area contributed by atoms with Gasteiger partial charge in [0.15, 0.2) is 0 Å². The highest BCUT2D eigenvalue weighted by Gasteiger charge is 2.19. The van der Waals surface area contributed by atoms with E-state index in [2.05, 4.69) is 31.8 Å². The second kappa shape index (κ2) is 12.9. The molecule has 1 aromatic heterocycles. The molecule has 5 aromatic rings. The SMILES string of the molecule is O=C(N/N=C\c1cc(Br)ccc1OC(=O)c1ccccc1)c1ccc(NC(=O)c2sc3cc([N+](=O)[O-])ccc3c2Cl)cc1. The average molecular weight is 678 g/mol. The number of anilines is 1. The number of nitrogens with zero attached hydrogens (tertiary/aromatic N) is 2. The van der Waals surface area contributed by atoms with Gasteiger partial charge in [-0.1, -0.05) is 45.7 Å². The third-order valence-electron chi connectivity index (χ3n) is 5.99. The van der Waals surface area contributed by atoms with Crippen LogP contribution in [-0.4, -0.2) is 28.9 Å². The predicted molar refractivity (Wildman–Crippen MR) is 168 cm³/mol. The largest absolute Gasteiger partial charge is 0.422 e. The van der Waals surface area contributed by atoms with E-state index in [-0.39, 0.29) is 26.9 Å². The van der Waals surface area contributed by atoms with Crippen molar-refractivity contribution in [3.63, 3.8) is 0 Å². The molecule has 4 aromatic carbocycles. The zero-order valence-corrected chi connectivity index (χ0v) is 24.9. The molecule has 0 aliphatic rings. The summed E-state index contributed by atoms with van der Waals surface area (Å²) in [4.78, 5) is 48.7. The van der Waals surface area contributed by atoms with Crippen molar-refractivity contribution in [1.29, 1.82) is 0 Å². The molecule has 214 valence electrons. The molecule has 0 saturated carbocycles. The number of hydrogen-bond donors (Lipinski definition) is 2. The van der Waals surface area contributed by atoms with Gasteiger partial charge in [-0.3, -0.25) is 19.7 Å². The quantitative estimate of drug-likeness (QED) is 0.0575. The van der Waals surface area contributed by atoms with Gasteiger partial charge >= 0.3 is 5.97 Å². The van der Waals surface area contributed by atoms with Crippen LogP contribution in [0.15, 0.2) is 101 Å². The average Bonchev–Trinajstić information content (AvgIpc) is 3.34. The number of hydrazone groups is 1. The number of halogens is 2. The van der Waals surface area contributed by atoms with Crippen molar-refractivity contribution in [2.24, 2.45) is 5.10 Å². The summed E-state index contributed by atoms with van der Waals surface area (Å²) >= 11 is 10.8. The van der Waals surface area contributed by atoms with E-state index >= 15 is 0 Å². The van der Waals surface area contributed by atoms with Crippen LogP contribution in [0.5, 0.6) is 5.75 Å². The van der Waals surface area contributed by atoms with Crippen molar-refractivity contribution >= 4 is 84.3 Å². The van der Waals surface area contributed by atoms with Crippen LogP contribution in [-0.2, 0) is 0 Å². The standard InChI is InChI=1S/C30H18BrClN4O6S/c31-20-8-13-24(42-30(39)18-4-2-1-3-5-18)19(14-20)16-33-35-28(37)17-6-9-21(10-7-17)34-29(38)27-26(32)23-12-11-22(36(40)41)15-25(23)43-27/h1-16H,(H,34,38)(H,35,37)/b33-16-. The molecule has 0 aliphatic heterocycles. The monoisotopic (exact) mass is 676 g/mol. The van der Waals surface area contributed by atoms with Gasteiger partial charge in [0, 0.05) is 43.5 Å². The Labute approximate surface area is 261 Å². The molecule has 0 fully saturated rings. The number of rotatable bonds is 8. The summed E-state index contributed by atoms with van der Waals surface area (Å²) in [7, 11) is 0. The molecule has 0 radical (unpaired) electrons. The lowest BCUT2D eigenvalue weighted by Crippen LogP contribution is -2.18. The molecule has 0 bridgehead atoms. The molecule has 0 unspecified atom stereocenters. The highest BCUT2D eigenvalue weighted by Crippen LogP contribution is 2.37. The molecule has 13 heteroatoms. The van der Waals surface area contributed by atoms with Crippen molar-refractivity contribution in [3.8, 4) is 5.75 Å². The summed E-state index contributed by atoms with van der Waals surface area (Å²) in [5.74, 6) is -1.28. The number of fused-ring (bicyclic) bond motifs is 1. The van der Waals surface area contributed by atoms with Crippen LogP contribution in [0.3, 0.4) is 0 Å². The minimum Gasteiger partial charge on any atom is -0.422 e. The Morgan fingerprint density at radius 1 is 0.930 bits per heavy atom. The molecular weight excluding hydrogens is 660 g/mol. The molecule has 2 N–H and O–H groups in total. The Morgan fingerprint density at radius 2 is 1.67 bits per heavy atom. The number of hydrogen-bond acceptors (Lipinski definition) is 8. The summed E-state index contributed by atoms with van der Waals surface area (Å²) in [5, 5.41) is 18.5. The van der Waals surface area contributed by atoms with Crippen LogP contribution in [0.1, 0.15) is 36.0 Å². The number of esters is 1. The van der Waals surface area contributed by atoms with Gasteiger partial charge in [0.2, 0.25) is 0 Å². The van der Waals surface area contributed by atoms with Crippen LogP contribution < -0.4 is 15.5 Å². The Kier molecular flexibility index (Phi) is 8.90. The first-order valence-electron chi connectivity index (χ1n) is 12.4. The Balaban J connectivity index is 1.22. The van der Waals surface area contributed by atoms with Gasteiger partial charge in [0.25, 0.3) is 17.5 Å². The van der Waals surface area contributed by atoms with Crippen LogP contribution in [0.25, 0.3) is 10.1 Å². The lowest BCUT2D eigenvalue weighted by atomic mass is 10.2. The molecule has 0 aliphatic carbocycles. The zero-order chi connectivity index (χ0) is 30.5. The topological polar surface area (TPSA) is 140 Å². The van der Waals surface area contributed by atoms with Crippen LogP contribution in [0.4, 0.5) is 11.4 Å². The third-order valence-corrected chi connectivity index (χ3v) is 8.14. The molecule has 0 atom stereocenters. The van der Waals surface area contributed by atoms with E-state index in [0.29, 0.717) is 26.9 Å². The first kappa shape index (κ1) is 29.6. The van der Waals surface area contributed by atoms with Crippen molar-refractivity contribution in [2.45, 2.75) is 0 Å². The normalized spacial score (nSPS) is 10.9. The van der Waals surface area contributed by atoms with Crippen LogP contribution >= 0.6 is 38.9 Å². The van der Waals surface area contributed by atoms with Gasteiger partial charge in [0.05, 0.1) is 21.7 Å². The van der Waals surface area contributed by atoms with Crippen LogP contribution in [0, 0.1) is 10.1 Å². The molecular formula is C30H18BrClN4O6S. The highest BCUT2D eigenvalue weighted by molar-refractivity contribution is 9.10. The van der Waals surface area contributed by atoms with E-state index < -0.39 is 22.7 Å². The smallest absolute Gasteiger partial charge is 0.343 e. The summed E-state index contributed by atoms with van der Waals surface area (Å²) in [6, 6.07) is 23.8. The molecule has 2 amide bonds. The molecule has 43 heavy (non-hydrogen) atoms. The lowest BCUT2D eigenvalue weighted by Gasteiger charge is -2.08. The van der Waals surface area contributed by atoms with E-state index in [1.54, 1.807) is 48.5 Å². The first-order valence-corrected chi connectivity index (χ1v) is 14.4. The Hall–Kier alpha value is -4.91. The third kappa shape index (κ3) is 6.95. The van der Waals surface area contributed by atoms with E-state index in [4.69, 9.17) is 16.3 Å². The summed E-state index contributed by atoms with van der Waals surface area (Å²) < 4.78 is 6.75. The van der Waals surface area contributed by atoms with Crippen molar-refractivity contribution in [3.05, 3.63) is 132 Å². The molecule has 0 spiro atoms. The van der Waals surface area contributed by atoms with Crippen molar-refractivity contribution in [2.75, 3.05) is 5.32 Å². The summed E-state index contributed by atoms with van der Waals surface area (Å²) in [6.45, 7) is 0. The number of benzene rings is 4. The summed E-state index contributed by atoms with van der Waals surface area (Å²) in [5.41, 5.74) is 3.84. The minimum absolute atomic E-state index is 0.0980. The van der Waals surface area contributed by atoms with Gasteiger partial charge in [-0.2, -0.15) is 5.10 Å². The Bertz CT molecular complexity index is 1910. The van der Waals surface area contributed by atoms with Gasteiger partial charge < -0.3 is 10.1 Å². The molecule has 5 rings (SSSR count). The number of nitro groups is 1. The predicted octanol–water partition coefficient (Wildman–Crippen LogP) is 7.46. The van der Waals surface area contributed by atoms with E-state index in [1.165, 1.54) is 48.7 Å². The first-order chi connectivity index (χ1) is 20.7. The fourth-order valence-electron chi connectivity index (χ4n) is 3.88. The lowest BCUT2D eigenvalue weighted by molar-refractivity contribution is -0.384. The fourth-order valence-corrected chi connectivity index (χ4v) is 5.70. The van der Waals surface area contributed by atoms with Crippen molar-refractivity contribution < 1.29 is 24.0 Å². The maximum Gasteiger partial charge on any atom is 0.343 e. The number of carbonyl (C=O) groups excluding carboxylic acids is 3. The van der Waals surface area contributed by atoms with Gasteiger partial charge in [0.1, 0.15) is 10.6 Å². The van der Waals surface area contributed by atoms with E-state index in [1.807, 2.05) is 0 Å². The van der Waals surface area contributed by atoms with Gasteiger partial charge in [-0.15, -0.1) is 11.3 Å². The maximum absolute atomic E-state index is 12.9. The number of ether oxygens (including phenoxy) is 1. The fraction of sp³-hybridized carbons (Fsp3) is 0. The molecule has 0 saturated heterocycles. The second-order valence-electron chi connectivity index (χ2n) is 8.85. The highest BCUT2D eigenvalue weighted by atomic mass is 79.9. The van der Waals surface area contributed by atoms with Gasteiger partial charge in [-0.25, -0.2) is 10.2 Å². The second-order valence-corrected chi connectivity index (χ2v) is 11.2. The maximum atomic E-state index is 12.9. The number of non-ortho nitro benzene ring substituents is 1. The number of thiophene rings is 1. The van der Waals surface area contributed by atoms with Crippen LogP contribution in [0.2, 0.25) is 5.02 Å². The number of nitrogens with one attached hydrogen (secondary N) is 2. The Morgan fingerprint density at radius 3 is 2.40 bits per heavy atom. The van der Waals surface area contributed by atoms with Gasteiger partial charge in [-0.05, 0) is 60.7 Å². The van der Waals surface area contributed by atoms with Crippen molar-refractivity contribution in [1.82, 2.24) is 5.43 Å². The molecule has 10 nitrogen and oxygen atoms in total. The molecule has 1 heterocycles. The number of nitro benzene ring substituents is 1. The summed E-state index contributed by atoms with van der Waals surface area (Å²) in [6.07, 6.45) is 1.36. The minimum atomic E-state index is -0.535. The van der Waals surface area contributed by atoms with E-state index in [0.717, 1.165) is 15.8 Å². The number of carbonyl (C=O) groups is 3.